The molecular weight excluding hydrogens is 316 g/mol. The molecule has 0 heterocycles. The zero-order chi connectivity index (χ0) is 16.8. The van der Waals surface area contributed by atoms with Crippen LogP contribution in [0, 0.1) is 11.7 Å². The molecule has 2 unspecified atom stereocenters. The third kappa shape index (κ3) is 6.24. The van der Waals surface area contributed by atoms with Crippen LogP contribution in [0.3, 0.4) is 0 Å². The quantitative estimate of drug-likeness (QED) is 0.510. The van der Waals surface area contributed by atoms with Gasteiger partial charge in [0.2, 0.25) is 7.37 Å². The Morgan fingerprint density at radius 3 is 2.45 bits per heavy atom. The van der Waals surface area contributed by atoms with Gasteiger partial charge in [0.15, 0.2) is 0 Å². The predicted octanol–water partition coefficient (Wildman–Crippen LogP) is 2.03. The standard InChI is InChI=1S/C13H17FNO6P/c14-10-3-1-2-4-11(10)15-8-22(20,21)7-9(13(18)19)5-6-12(16)17/h1-4,9,15H,5-8H2,(H,16,17)(H,18,19)(H,20,21). The molecule has 4 N–H and O–H groups in total. The third-order valence-electron chi connectivity index (χ3n) is 2.95. The van der Waals surface area contributed by atoms with Crippen LogP contribution in [0.2, 0.25) is 0 Å². The van der Waals surface area contributed by atoms with Crippen LogP contribution in [-0.4, -0.2) is 39.5 Å². The summed E-state index contributed by atoms with van der Waals surface area (Å²) < 4.78 is 25.4. The van der Waals surface area contributed by atoms with Crippen molar-refractivity contribution in [2.75, 3.05) is 17.8 Å². The summed E-state index contributed by atoms with van der Waals surface area (Å²) in [7, 11) is -3.90. The number of carboxylic acids is 2. The molecule has 0 fully saturated rings. The summed E-state index contributed by atoms with van der Waals surface area (Å²) in [5.74, 6) is -4.34. The summed E-state index contributed by atoms with van der Waals surface area (Å²) in [6.45, 7) is 0. The maximum atomic E-state index is 13.4. The van der Waals surface area contributed by atoms with E-state index < -0.39 is 49.9 Å². The van der Waals surface area contributed by atoms with Crippen LogP contribution < -0.4 is 5.32 Å². The van der Waals surface area contributed by atoms with Crippen molar-refractivity contribution in [1.82, 2.24) is 0 Å². The van der Waals surface area contributed by atoms with E-state index in [9.17, 15) is 23.4 Å². The van der Waals surface area contributed by atoms with E-state index in [1.165, 1.54) is 18.2 Å². The molecule has 0 amide bonds. The Morgan fingerprint density at radius 2 is 1.91 bits per heavy atom. The molecule has 9 heteroatoms. The fourth-order valence-corrected chi connectivity index (χ4v) is 3.39. The lowest BCUT2D eigenvalue weighted by molar-refractivity contribution is -0.142. The Labute approximate surface area is 126 Å². The van der Waals surface area contributed by atoms with E-state index in [0.29, 0.717) is 0 Å². The molecular formula is C13H17FNO6P. The Kier molecular flexibility index (Phi) is 6.52. The second-order valence-electron chi connectivity index (χ2n) is 4.81. The lowest BCUT2D eigenvalue weighted by atomic mass is 10.1. The van der Waals surface area contributed by atoms with Crippen molar-refractivity contribution < 1.29 is 33.7 Å². The van der Waals surface area contributed by atoms with Gasteiger partial charge in [0.05, 0.1) is 17.9 Å². The minimum atomic E-state index is -3.90. The van der Waals surface area contributed by atoms with Crippen molar-refractivity contribution in [2.24, 2.45) is 5.92 Å². The van der Waals surface area contributed by atoms with Gasteiger partial charge < -0.3 is 20.4 Å². The Balaban J connectivity index is 2.64. The van der Waals surface area contributed by atoms with Gasteiger partial charge >= 0.3 is 11.9 Å². The van der Waals surface area contributed by atoms with Gasteiger partial charge in [-0.15, -0.1) is 0 Å². The van der Waals surface area contributed by atoms with Crippen LogP contribution in [-0.2, 0) is 14.2 Å². The number of rotatable bonds is 9. The summed E-state index contributed by atoms with van der Waals surface area (Å²) in [6.07, 6.45) is -1.71. The number of para-hydroxylation sites is 1. The van der Waals surface area contributed by atoms with Crippen molar-refractivity contribution in [1.29, 1.82) is 0 Å². The van der Waals surface area contributed by atoms with Crippen molar-refractivity contribution in [3.8, 4) is 0 Å². The van der Waals surface area contributed by atoms with Gasteiger partial charge in [-0.2, -0.15) is 0 Å². The number of hydrogen-bond donors (Lipinski definition) is 4. The van der Waals surface area contributed by atoms with E-state index in [-0.39, 0.29) is 12.1 Å². The zero-order valence-electron chi connectivity index (χ0n) is 11.6. The largest absolute Gasteiger partial charge is 0.481 e. The number of halogens is 1. The van der Waals surface area contributed by atoms with Gasteiger partial charge in [0.25, 0.3) is 0 Å². The number of anilines is 1. The monoisotopic (exact) mass is 333 g/mol. The highest BCUT2D eigenvalue weighted by Gasteiger charge is 2.29. The molecule has 1 aromatic carbocycles. The molecule has 1 aromatic rings. The summed E-state index contributed by atoms with van der Waals surface area (Å²) in [5, 5.41) is 20.0. The summed E-state index contributed by atoms with van der Waals surface area (Å²) in [6, 6.07) is 5.57. The van der Waals surface area contributed by atoms with Crippen molar-refractivity contribution in [3.63, 3.8) is 0 Å². The van der Waals surface area contributed by atoms with Crippen LogP contribution in [0.15, 0.2) is 24.3 Å². The van der Waals surface area contributed by atoms with Crippen LogP contribution in [0.4, 0.5) is 10.1 Å². The molecule has 0 saturated carbocycles. The molecule has 0 aliphatic heterocycles. The number of carboxylic acid groups (broad SMARTS) is 2. The fraction of sp³-hybridized carbons (Fsp3) is 0.385. The summed E-state index contributed by atoms with van der Waals surface area (Å²) in [5.41, 5.74) is 0.0363. The number of hydrogen-bond acceptors (Lipinski definition) is 4. The van der Waals surface area contributed by atoms with E-state index in [4.69, 9.17) is 10.2 Å². The zero-order valence-corrected chi connectivity index (χ0v) is 12.5. The Morgan fingerprint density at radius 1 is 1.27 bits per heavy atom. The van der Waals surface area contributed by atoms with Gasteiger partial charge in [0, 0.05) is 12.6 Å². The van der Waals surface area contributed by atoms with Gasteiger partial charge in [-0.3, -0.25) is 14.2 Å². The van der Waals surface area contributed by atoms with Crippen LogP contribution >= 0.6 is 7.37 Å². The van der Waals surface area contributed by atoms with Crippen LogP contribution in [0.1, 0.15) is 12.8 Å². The molecule has 0 saturated heterocycles. The maximum Gasteiger partial charge on any atom is 0.307 e. The summed E-state index contributed by atoms with van der Waals surface area (Å²) in [4.78, 5) is 31.3. The molecule has 0 aliphatic carbocycles. The average Bonchev–Trinajstić information content (AvgIpc) is 2.42. The second kappa shape index (κ2) is 7.91. The maximum absolute atomic E-state index is 13.4. The number of nitrogens with one attached hydrogen (secondary N) is 1. The van der Waals surface area contributed by atoms with E-state index in [1.807, 2.05) is 0 Å². The molecule has 0 aromatic heterocycles. The minimum Gasteiger partial charge on any atom is -0.481 e. The summed E-state index contributed by atoms with van der Waals surface area (Å²) >= 11 is 0. The third-order valence-corrected chi connectivity index (χ3v) is 4.62. The predicted molar refractivity (Wildman–Crippen MR) is 77.6 cm³/mol. The van der Waals surface area contributed by atoms with E-state index in [0.717, 1.165) is 0 Å². The first-order chi connectivity index (χ1) is 10.2. The molecule has 0 radical (unpaired) electrons. The minimum absolute atomic E-state index is 0.0363. The van der Waals surface area contributed by atoms with Gasteiger partial charge in [0.1, 0.15) is 5.82 Å². The molecule has 1 rings (SSSR count). The highest BCUT2D eigenvalue weighted by Crippen LogP contribution is 2.43. The molecule has 7 nitrogen and oxygen atoms in total. The Hall–Kier alpha value is -1.92. The van der Waals surface area contributed by atoms with Gasteiger partial charge in [-0.1, -0.05) is 12.1 Å². The first-order valence-corrected chi connectivity index (χ1v) is 8.48. The molecule has 122 valence electrons. The molecule has 0 spiro atoms. The average molecular weight is 333 g/mol. The first kappa shape index (κ1) is 18.1. The van der Waals surface area contributed by atoms with Crippen LogP contribution in [0.25, 0.3) is 0 Å². The fourth-order valence-electron chi connectivity index (χ4n) is 1.81. The van der Waals surface area contributed by atoms with E-state index in [1.54, 1.807) is 6.07 Å². The number of benzene rings is 1. The molecule has 2 atom stereocenters. The van der Waals surface area contributed by atoms with Gasteiger partial charge in [-0.05, 0) is 18.6 Å². The Bertz CT molecular complexity index is 594. The lowest BCUT2D eigenvalue weighted by Gasteiger charge is -2.18. The van der Waals surface area contributed by atoms with Crippen molar-refractivity contribution >= 4 is 25.0 Å². The SMILES string of the molecule is O=C(O)CCC(CP(=O)(O)CNc1ccccc1F)C(=O)O. The van der Waals surface area contributed by atoms with E-state index >= 15 is 0 Å². The van der Waals surface area contributed by atoms with Crippen LogP contribution in [0.5, 0.6) is 0 Å². The lowest BCUT2D eigenvalue weighted by Crippen LogP contribution is -2.21. The van der Waals surface area contributed by atoms with Crippen molar-refractivity contribution in [3.05, 3.63) is 30.1 Å². The molecule has 0 bridgehead atoms. The smallest absolute Gasteiger partial charge is 0.307 e. The number of aliphatic carboxylic acids is 2. The second-order valence-corrected chi connectivity index (χ2v) is 7.19. The topological polar surface area (TPSA) is 124 Å². The van der Waals surface area contributed by atoms with Gasteiger partial charge in [-0.25, -0.2) is 4.39 Å². The van der Waals surface area contributed by atoms with E-state index in [2.05, 4.69) is 5.32 Å². The normalized spacial score (nSPS) is 14.8. The number of carbonyl (C=O) groups is 2. The van der Waals surface area contributed by atoms with Crippen molar-refractivity contribution in [2.45, 2.75) is 12.8 Å². The highest BCUT2D eigenvalue weighted by atomic mass is 31.2. The highest BCUT2D eigenvalue weighted by molar-refractivity contribution is 7.58. The molecule has 22 heavy (non-hydrogen) atoms. The molecule has 0 aliphatic rings. The first-order valence-electron chi connectivity index (χ1n) is 6.45.